The van der Waals surface area contributed by atoms with Crippen LogP contribution in [0.2, 0.25) is 0 Å². The van der Waals surface area contributed by atoms with E-state index in [0.717, 1.165) is 98.4 Å². The van der Waals surface area contributed by atoms with Crippen LogP contribution in [0, 0.1) is 0 Å². The molecule has 1 aromatic carbocycles. The number of benzene rings is 1. The number of pyridine rings is 1. The largest absolute Gasteiger partial charge is 0.385 e. The quantitative estimate of drug-likeness (QED) is 0.320. The first-order valence-electron chi connectivity index (χ1n) is 12.6. The third-order valence-corrected chi connectivity index (χ3v) is 6.62. The molecule has 0 saturated carbocycles. The zero-order valence-electron chi connectivity index (χ0n) is 21.1. The summed E-state index contributed by atoms with van der Waals surface area (Å²) in [4.78, 5) is 13.9. The molecule has 184 valence electrons. The number of morpholine rings is 1. The van der Waals surface area contributed by atoms with Crippen molar-refractivity contribution >= 4 is 22.9 Å². The minimum atomic E-state index is 0.736. The molecule has 0 amide bonds. The van der Waals surface area contributed by atoms with E-state index in [0.29, 0.717) is 0 Å². The maximum absolute atomic E-state index is 5.55. The molecule has 0 radical (unpaired) electrons. The molecular formula is C29H37N5O. The van der Waals surface area contributed by atoms with Crippen LogP contribution in [0.4, 0.5) is 5.69 Å². The van der Waals surface area contributed by atoms with Gasteiger partial charge in [-0.25, -0.2) is 4.99 Å². The van der Waals surface area contributed by atoms with Crippen LogP contribution in [0.1, 0.15) is 44.2 Å². The molecule has 4 rings (SSSR count). The first-order valence-corrected chi connectivity index (χ1v) is 12.6. The molecule has 0 atom stereocenters. The van der Waals surface area contributed by atoms with Crippen molar-refractivity contribution in [1.29, 1.82) is 0 Å². The molecule has 35 heavy (non-hydrogen) atoms. The average Bonchev–Trinajstić information content (AvgIpc) is 3.29. The maximum Gasteiger partial charge on any atom is 0.102 e. The van der Waals surface area contributed by atoms with E-state index < -0.39 is 0 Å². The second-order valence-corrected chi connectivity index (χ2v) is 8.98. The number of nitrogens with one attached hydrogen (secondary N) is 1. The normalized spacial score (nSPS) is 18.1. The molecule has 2 aliphatic rings. The number of aliphatic imine (C=N–C) groups is 1. The molecule has 0 spiro atoms. The lowest BCUT2D eigenvalue weighted by atomic mass is 10.0. The number of nitrogens with zero attached hydrogens (tertiary/aromatic N) is 4. The second-order valence-electron chi connectivity index (χ2n) is 8.98. The van der Waals surface area contributed by atoms with E-state index in [1.54, 1.807) is 0 Å². The van der Waals surface area contributed by atoms with Crippen molar-refractivity contribution in [1.82, 2.24) is 15.2 Å². The van der Waals surface area contributed by atoms with Crippen molar-refractivity contribution in [3.8, 4) is 0 Å². The minimum Gasteiger partial charge on any atom is -0.385 e. The highest BCUT2D eigenvalue weighted by Gasteiger charge is 2.26. The molecule has 2 fully saturated rings. The number of amidine groups is 1. The second kappa shape index (κ2) is 11.8. The van der Waals surface area contributed by atoms with Crippen LogP contribution >= 0.6 is 0 Å². The van der Waals surface area contributed by atoms with E-state index in [2.05, 4.69) is 71.4 Å². The highest BCUT2D eigenvalue weighted by atomic mass is 16.5. The van der Waals surface area contributed by atoms with Crippen molar-refractivity contribution in [2.24, 2.45) is 4.99 Å². The van der Waals surface area contributed by atoms with Gasteiger partial charge in [0, 0.05) is 66.8 Å². The summed E-state index contributed by atoms with van der Waals surface area (Å²) in [6, 6.07) is 12.6. The first-order chi connectivity index (χ1) is 17.1. The summed E-state index contributed by atoms with van der Waals surface area (Å²) in [5.74, 6) is 1.01. The molecule has 1 aromatic heterocycles. The summed E-state index contributed by atoms with van der Waals surface area (Å²) >= 11 is 0. The lowest BCUT2D eigenvalue weighted by Gasteiger charge is -2.28. The Balaban J connectivity index is 1.71. The van der Waals surface area contributed by atoms with Crippen molar-refractivity contribution in [3.05, 3.63) is 84.3 Å². The van der Waals surface area contributed by atoms with Gasteiger partial charge in [0.25, 0.3) is 0 Å². The number of aromatic nitrogens is 1. The summed E-state index contributed by atoms with van der Waals surface area (Å²) in [7, 11) is 0. The first kappa shape index (κ1) is 24.7. The van der Waals surface area contributed by atoms with Gasteiger partial charge in [0.1, 0.15) is 5.84 Å². The molecule has 0 unspecified atom stereocenters. The molecule has 0 bridgehead atoms. The molecular weight excluding hydrogens is 434 g/mol. The number of unbranched alkanes of at least 4 members (excludes halogenated alkanes) is 1. The van der Waals surface area contributed by atoms with Gasteiger partial charge < -0.3 is 19.9 Å². The van der Waals surface area contributed by atoms with Gasteiger partial charge in [-0.15, -0.1) is 0 Å². The predicted molar refractivity (Wildman–Crippen MR) is 146 cm³/mol. The van der Waals surface area contributed by atoms with Crippen LogP contribution in [0.3, 0.4) is 0 Å². The summed E-state index contributed by atoms with van der Waals surface area (Å²) in [6.45, 7) is 18.1. The maximum atomic E-state index is 5.55. The smallest absolute Gasteiger partial charge is 0.102 e. The Bertz CT molecular complexity index is 1100. The van der Waals surface area contributed by atoms with E-state index >= 15 is 0 Å². The van der Waals surface area contributed by atoms with Crippen LogP contribution < -0.4 is 10.2 Å². The van der Waals surface area contributed by atoms with E-state index in [-0.39, 0.29) is 0 Å². The number of anilines is 1. The van der Waals surface area contributed by atoms with E-state index in [4.69, 9.17) is 9.73 Å². The number of hydrogen-bond acceptors (Lipinski definition) is 5. The molecule has 2 aromatic rings. The highest BCUT2D eigenvalue weighted by molar-refractivity contribution is 5.89. The van der Waals surface area contributed by atoms with Crippen LogP contribution in [0.15, 0.2) is 78.2 Å². The zero-order valence-corrected chi connectivity index (χ0v) is 21.1. The molecule has 2 aliphatic heterocycles. The van der Waals surface area contributed by atoms with E-state index in [1.165, 1.54) is 5.57 Å². The summed E-state index contributed by atoms with van der Waals surface area (Å²) in [5, 5.41) is 3.47. The predicted octanol–water partition coefficient (Wildman–Crippen LogP) is 5.33. The summed E-state index contributed by atoms with van der Waals surface area (Å²) < 4.78 is 5.55. The number of ether oxygens (including phenoxy) is 1. The van der Waals surface area contributed by atoms with Gasteiger partial charge in [-0.3, -0.25) is 4.98 Å². The standard InChI is InChI=1S/C29H37N5O/c1-5-6-13-31-22(2)25-8-7-9-26(21-25)29(32-24(4)33-17-19-35-20-18-33)28-12-16-34(23(28)3)27-10-14-30-15-11-27/h7-11,14-15,21,31H,2-3,5-6,12-13,16-20H2,1,4H3/b29-28-,32-24+. The van der Waals surface area contributed by atoms with Crippen molar-refractivity contribution in [2.75, 3.05) is 44.3 Å². The number of rotatable bonds is 8. The molecule has 3 heterocycles. The zero-order chi connectivity index (χ0) is 24.6. The Morgan fingerprint density at radius 2 is 1.86 bits per heavy atom. The van der Waals surface area contributed by atoms with Crippen LogP contribution in [0.5, 0.6) is 0 Å². The van der Waals surface area contributed by atoms with E-state index in [1.807, 2.05) is 24.5 Å². The third kappa shape index (κ3) is 6.01. The van der Waals surface area contributed by atoms with Gasteiger partial charge in [0.2, 0.25) is 0 Å². The number of hydrogen-bond donors (Lipinski definition) is 1. The fourth-order valence-electron chi connectivity index (χ4n) is 4.53. The van der Waals surface area contributed by atoms with Crippen molar-refractivity contribution < 1.29 is 4.74 Å². The Kier molecular flexibility index (Phi) is 8.37. The molecule has 2 saturated heterocycles. The lowest BCUT2D eigenvalue weighted by molar-refractivity contribution is 0.0678. The van der Waals surface area contributed by atoms with Gasteiger partial charge in [-0.05, 0) is 43.5 Å². The van der Waals surface area contributed by atoms with Gasteiger partial charge in [-0.1, -0.05) is 44.7 Å². The SMILES string of the molecule is C=C(NCCCC)c1cccc(C(/N=C(\C)N2CCOCC2)=C2\CCN(c3ccncc3)C2=C)c1. The Morgan fingerprint density at radius 1 is 1.11 bits per heavy atom. The molecule has 6 heteroatoms. The summed E-state index contributed by atoms with van der Waals surface area (Å²) in [6.07, 6.45) is 6.82. The monoisotopic (exact) mass is 471 g/mol. The fourth-order valence-corrected chi connectivity index (χ4v) is 4.53. The van der Waals surface area contributed by atoms with Crippen molar-refractivity contribution in [3.63, 3.8) is 0 Å². The molecule has 0 aliphatic carbocycles. The van der Waals surface area contributed by atoms with Gasteiger partial charge in [-0.2, -0.15) is 0 Å². The van der Waals surface area contributed by atoms with E-state index in [9.17, 15) is 0 Å². The van der Waals surface area contributed by atoms with Crippen LogP contribution in [-0.4, -0.2) is 55.1 Å². The molecule has 6 nitrogen and oxygen atoms in total. The summed E-state index contributed by atoms with van der Waals surface area (Å²) in [5.41, 5.74) is 7.38. The van der Waals surface area contributed by atoms with Crippen LogP contribution in [0.25, 0.3) is 11.4 Å². The average molecular weight is 472 g/mol. The number of allylic oxidation sites excluding steroid dienone is 1. The minimum absolute atomic E-state index is 0.736. The fraction of sp³-hybridized carbons (Fsp3) is 0.379. The Hall–Kier alpha value is -3.38. The van der Waals surface area contributed by atoms with Crippen molar-refractivity contribution in [2.45, 2.75) is 33.1 Å². The van der Waals surface area contributed by atoms with Gasteiger partial charge in [0.15, 0.2) is 0 Å². The van der Waals surface area contributed by atoms with Gasteiger partial charge >= 0.3 is 0 Å². The topological polar surface area (TPSA) is 53.0 Å². The van der Waals surface area contributed by atoms with Gasteiger partial charge in [0.05, 0.1) is 18.9 Å². The Morgan fingerprint density at radius 3 is 2.60 bits per heavy atom. The Labute approximate surface area is 209 Å². The third-order valence-electron chi connectivity index (χ3n) is 6.62. The lowest BCUT2D eigenvalue weighted by Crippen LogP contribution is -2.39. The van der Waals surface area contributed by atoms with Crippen LogP contribution in [-0.2, 0) is 4.74 Å². The highest BCUT2D eigenvalue weighted by Crippen LogP contribution is 2.37. The molecule has 1 N–H and O–H groups in total.